The Balaban J connectivity index is 1.30. The Morgan fingerprint density at radius 2 is 0.717 bits per heavy atom. The van der Waals surface area contributed by atoms with Gasteiger partial charge in [0.15, 0.2) is 0 Å². The standard InChI is InChI=1S/C48H25N5/c49-26-31-23-43(48-39-18-6-4-16-37(39)47(30-12-2-1-3-13-30)38-17-5-7-19-40(38)48)32(27-50)22-41(31)42-24-34(29-52)46(25-33(42)28-51)53-44-20-10-8-14-35(44)36-15-9-11-21-45(36)53/h1-25H. The van der Waals surface area contributed by atoms with E-state index in [9.17, 15) is 21.0 Å². The summed E-state index contributed by atoms with van der Waals surface area (Å²) in [6, 6.07) is 58.9. The SMILES string of the molecule is N#Cc1cc(-c2c3ccccc3c(-c3ccccc3)c3ccccc23)c(C#N)cc1-c1cc(C#N)c(-n2c3ccccc3c3ccccc32)cc1C#N. The van der Waals surface area contributed by atoms with Crippen molar-refractivity contribution in [3.63, 3.8) is 0 Å². The van der Waals surface area contributed by atoms with Gasteiger partial charge in [-0.15, -0.1) is 0 Å². The molecule has 1 heterocycles. The van der Waals surface area contributed by atoms with E-state index >= 15 is 0 Å². The van der Waals surface area contributed by atoms with E-state index in [-0.39, 0.29) is 5.56 Å². The van der Waals surface area contributed by atoms with E-state index in [0.717, 1.165) is 60.0 Å². The third-order valence-electron chi connectivity index (χ3n) is 10.1. The van der Waals surface area contributed by atoms with Crippen molar-refractivity contribution in [2.45, 2.75) is 0 Å². The molecule has 0 spiro atoms. The highest BCUT2D eigenvalue weighted by molar-refractivity contribution is 6.22. The Kier molecular flexibility index (Phi) is 7.28. The van der Waals surface area contributed by atoms with Crippen LogP contribution in [0, 0.1) is 45.3 Å². The van der Waals surface area contributed by atoms with Crippen LogP contribution in [-0.4, -0.2) is 4.57 Å². The molecule has 0 radical (unpaired) electrons. The second-order valence-corrected chi connectivity index (χ2v) is 12.9. The molecule has 0 fully saturated rings. The first-order chi connectivity index (χ1) is 26.1. The van der Waals surface area contributed by atoms with Crippen LogP contribution in [0.1, 0.15) is 22.3 Å². The molecule has 242 valence electrons. The lowest BCUT2D eigenvalue weighted by atomic mass is 9.83. The number of benzene rings is 8. The largest absolute Gasteiger partial charge is 0.308 e. The van der Waals surface area contributed by atoms with Crippen LogP contribution in [0.2, 0.25) is 0 Å². The van der Waals surface area contributed by atoms with Crippen molar-refractivity contribution in [3.8, 4) is 63.3 Å². The van der Waals surface area contributed by atoms with Gasteiger partial charge in [-0.3, -0.25) is 0 Å². The van der Waals surface area contributed by atoms with Gasteiger partial charge in [0.1, 0.15) is 6.07 Å². The van der Waals surface area contributed by atoms with E-state index < -0.39 is 0 Å². The average molecular weight is 672 g/mol. The molecule has 0 aliphatic heterocycles. The molecule has 8 aromatic carbocycles. The van der Waals surface area contributed by atoms with E-state index in [1.807, 2.05) is 95.6 Å². The van der Waals surface area contributed by atoms with Crippen molar-refractivity contribution >= 4 is 43.4 Å². The van der Waals surface area contributed by atoms with E-state index in [0.29, 0.717) is 39.1 Å². The van der Waals surface area contributed by atoms with Crippen LogP contribution < -0.4 is 0 Å². The van der Waals surface area contributed by atoms with Gasteiger partial charge in [0.25, 0.3) is 0 Å². The van der Waals surface area contributed by atoms with Crippen LogP contribution in [0.4, 0.5) is 0 Å². The molecule has 1 aromatic heterocycles. The summed E-state index contributed by atoms with van der Waals surface area (Å²) in [6.45, 7) is 0. The zero-order chi connectivity index (χ0) is 36.1. The summed E-state index contributed by atoms with van der Waals surface area (Å²) < 4.78 is 2.01. The van der Waals surface area contributed by atoms with Crippen LogP contribution in [0.5, 0.6) is 0 Å². The maximum absolute atomic E-state index is 10.7. The number of fused-ring (bicyclic) bond motifs is 5. The molecule has 0 saturated carbocycles. The lowest BCUT2D eigenvalue weighted by Gasteiger charge is -2.19. The van der Waals surface area contributed by atoms with Crippen LogP contribution in [0.3, 0.4) is 0 Å². The molecule has 5 heteroatoms. The first kappa shape index (κ1) is 31.1. The highest BCUT2D eigenvalue weighted by Crippen LogP contribution is 2.46. The maximum atomic E-state index is 10.7. The Hall–Kier alpha value is -7.96. The quantitative estimate of drug-likeness (QED) is 0.174. The van der Waals surface area contributed by atoms with E-state index in [1.165, 1.54) is 0 Å². The number of hydrogen-bond donors (Lipinski definition) is 0. The smallest absolute Gasteiger partial charge is 0.101 e. The zero-order valence-electron chi connectivity index (χ0n) is 28.2. The summed E-state index contributed by atoms with van der Waals surface area (Å²) in [4.78, 5) is 0. The number of nitriles is 4. The van der Waals surface area contributed by atoms with Crippen molar-refractivity contribution in [2.75, 3.05) is 0 Å². The van der Waals surface area contributed by atoms with Crippen molar-refractivity contribution in [2.24, 2.45) is 0 Å². The third kappa shape index (κ3) is 4.75. The topological polar surface area (TPSA) is 100 Å². The molecule has 0 unspecified atom stereocenters. The van der Waals surface area contributed by atoms with Gasteiger partial charge in [-0.1, -0.05) is 115 Å². The molecule has 0 aliphatic carbocycles. The minimum atomic E-state index is 0.289. The Bertz CT molecular complexity index is 3050. The predicted molar refractivity (Wildman–Crippen MR) is 211 cm³/mol. The summed E-state index contributed by atoms with van der Waals surface area (Å²) in [5.74, 6) is 0. The van der Waals surface area contributed by atoms with Gasteiger partial charge in [-0.25, -0.2) is 0 Å². The second kappa shape index (κ2) is 12.4. The normalized spacial score (nSPS) is 10.9. The van der Waals surface area contributed by atoms with Crippen molar-refractivity contribution in [1.29, 1.82) is 21.0 Å². The molecular weight excluding hydrogens is 647 g/mol. The average Bonchev–Trinajstić information content (AvgIpc) is 3.56. The monoisotopic (exact) mass is 671 g/mol. The summed E-state index contributed by atoms with van der Waals surface area (Å²) in [5, 5.41) is 48.6. The molecule has 0 atom stereocenters. The Labute approximate surface area is 305 Å². The van der Waals surface area contributed by atoms with Gasteiger partial charge in [0, 0.05) is 27.5 Å². The number of nitrogens with zero attached hydrogens (tertiary/aromatic N) is 5. The summed E-state index contributed by atoms with van der Waals surface area (Å²) in [6.07, 6.45) is 0. The summed E-state index contributed by atoms with van der Waals surface area (Å²) in [5.41, 5.74) is 8.17. The Morgan fingerprint density at radius 1 is 0.340 bits per heavy atom. The first-order valence-electron chi connectivity index (χ1n) is 17.1. The minimum absolute atomic E-state index is 0.289. The molecule has 5 nitrogen and oxygen atoms in total. The highest BCUT2D eigenvalue weighted by atomic mass is 15.0. The minimum Gasteiger partial charge on any atom is -0.308 e. The van der Waals surface area contributed by atoms with Crippen LogP contribution in [-0.2, 0) is 0 Å². The van der Waals surface area contributed by atoms with Crippen LogP contribution in [0.25, 0.3) is 82.4 Å². The fraction of sp³-hybridized carbons (Fsp3) is 0. The molecule has 9 rings (SSSR count). The van der Waals surface area contributed by atoms with Crippen molar-refractivity contribution in [3.05, 3.63) is 174 Å². The van der Waals surface area contributed by atoms with Gasteiger partial charge in [-0.05, 0) is 74.6 Å². The number of rotatable bonds is 4. The molecule has 0 amide bonds. The van der Waals surface area contributed by atoms with Crippen LogP contribution >= 0.6 is 0 Å². The second-order valence-electron chi connectivity index (χ2n) is 12.9. The summed E-state index contributed by atoms with van der Waals surface area (Å²) in [7, 11) is 0. The lowest BCUT2D eigenvalue weighted by molar-refractivity contribution is 1.16. The maximum Gasteiger partial charge on any atom is 0.101 e. The van der Waals surface area contributed by atoms with Gasteiger partial charge in [0.05, 0.1) is 57.2 Å². The van der Waals surface area contributed by atoms with Gasteiger partial charge in [-0.2, -0.15) is 21.0 Å². The fourth-order valence-electron chi connectivity index (χ4n) is 7.91. The number of hydrogen-bond acceptors (Lipinski definition) is 4. The van der Waals surface area contributed by atoms with Crippen LogP contribution in [0.15, 0.2) is 152 Å². The summed E-state index contributed by atoms with van der Waals surface area (Å²) >= 11 is 0. The van der Waals surface area contributed by atoms with Gasteiger partial charge in [0.2, 0.25) is 0 Å². The van der Waals surface area contributed by atoms with Crippen molar-refractivity contribution < 1.29 is 0 Å². The van der Waals surface area contributed by atoms with Gasteiger partial charge < -0.3 is 4.57 Å². The number of aromatic nitrogens is 1. The lowest BCUT2D eigenvalue weighted by Crippen LogP contribution is -2.01. The molecule has 0 N–H and O–H groups in total. The molecule has 0 aliphatic rings. The fourth-order valence-corrected chi connectivity index (χ4v) is 7.91. The molecular formula is C48H25N5. The van der Waals surface area contributed by atoms with E-state index in [1.54, 1.807) is 24.3 Å². The van der Waals surface area contributed by atoms with Gasteiger partial charge >= 0.3 is 0 Å². The van der Waals surface area contributed by atoms with Crippen molar-refractivity contribution in [1.82, 2.24) is 4.57 Å². The first-order valence-corrected chi connectivity index (χ1v) is 17.1. The Morgan fingerprint density at radius 3 is 1.23 bits per heavy atom. The predicted octanol–water partition coefficient (Wildman–Crippen LogP) is 11.6. The van der Waals surface area contributed by atoms with E-state index in [4.69, 9.17) is 0 Å². The molecule has 0 bridgehead atoms. The number of para-hydroxylation sites is 2. The highest BCUT2D eigenvalue weighted by Gasteiger charge is 2.23. The third-order valence-corrected chi connectivity index (χ3v) is 10.1. The van der Waals surface area contributed by atoms with E-state index in [2.05, 4.69) is 60.7 Å². The zero-order valence-corrected chi connectivity index (χ0v) is 28.2. The molecule has 0 saturated heterocycles. The molecule has 53 heavy (non-hydrogen) atoms. The molecule has 9 aromatic rings.